The smallest absolute Gasteiger partial charge is 0.409 e. The van der Waals surface area contributed by atoms with Gasteiger partial charge >= 0.3 is 6.09 Å². The van der Waals surface area contributed by atoms with Gasteiger partial charge in [0.25, 0.3) is 0 Å². The number of thiophene rings is 1. The number of piperazine rings is 1. The largest absolute Gasteiger partial charge is 0.450 e. The first-order chi connectivity index (χ1) is 12.6. The number of hydrogen-bond donors (Lipinski definition) is 0. The van der Waals surface area contributed by atoms with E-state index in [4.69, 9.17) is 16.3 Å². The number of carbonyl (C=O) groups excluding carboxylic acids is 1. The lowest BCUT2D eigenvalue weighted by Crippen LogP contribution is -2.55. The summed E-state index contributed by atoms with van der Waals surface area (Å²) in [5.41, 5.74) is 0. The Labute approximate surface area is 167 Å². The molecule has 0 bridgehead atoms. The van der Waals surface area contributed by atoms with Crippen LogP contribution in [0.4, 0.5) is 4.79 Å². The highest BCUT2D eigenvalue weighted by Gasteiger charge is 2.49. The molecule has 0 radical (unpaired) electrons. The van der Waals surface area contributed by atoms with Gasteiger partial charge in [-0.15, -0.1) is 11.3 Å². The van der Waals surface area contributed by atoms with Crippen LogP contribution in [0.15, 0.2) is 16.3 Å². The molecular formula is C15H21ClN2O6S3. The molecule has 0 aliphatic carbocycles. The molecule has 2 fully saturated rings. The molecule has 2 atom stereocenters. The van der Waals surface area contributed by atoms with Crippen LogP contribution in [-0.2, 0) is 24.4 Å². The Bertz CT molecular complexity index is 906. The van der Waals surface area contributed by atoms with E-state index < -0.39 is 42.8 Å². The lowest BCUT2D eigenvalue weighted by molar-refractivity contribution is 0.0700. The van der Waals surface area contributed by atoms with E-state index in [9.17, 15) is 21.6 Å². The molecule has 12 heteroatoms. The molecular weight excluding hydrogens is 436 g/mol. The van der Waals surface area contributed by atoms with Crippen LogP contribution in [0.2, 0.25) is 4.34 Å². The molecule has 2 saturated heterocycles. The molecule has 27 heavy (non-hydrogen) atoms. The lowest BCUT2D eigenvalue weighted by Gasteiger charge is -2.38. The third kappa shape index (κ3) is 4.42. The van der Waals surface area contributed by atoms with Gasteiger partial charge < -0.3 is 9.64 Å². The van der Waals surface area contributed by atoms with E-state index >= 15 is 0 Å². The first kappa shape index (κ1) is 20.8. The molecule has 1 aromatic rings. The zero-order chi connectivity index (χ0) is 19.8. The monoisotopic (exact) mass is 456 g/mol. The zero-order valence-electron chi connectivity index (χ0n) is 14.7. The third-order valence-electron chi connectivity index (χ3n) is 4.81. The minimum Gasteiger partial charge on any atom is -0.450 e. The minimum atomic E-state index is -3.82. The number of halogens is 1. The van der Waals surface area contributed by atoms with Crippen molar-refractivity contribution in [1.82, 2.24) is 9.80 Å². The van der Waals surface area contributed by atoms with E-state index in [1.807, 2.05) is 4.90 Å². The SMILES string of the molecule is CCOC(=O)N1CCN([C@H]2CS(=O)(=O)C[C@@H]2S(=O)(=O)c2ccc(Cl)s2)CC1. The van der Waals surface area contributed by atoms with Gasteiger partial charge in [-0.2, -0.15) is 0 Å². The van der Waals surface area contributed by atoms with E-state index in [1.165, 1.54) is 12.1 Å². The van der Waals surface area contributed by atoms with Gasteiger partial charge in [0, 0.05) is 32.2 Å². The second-order valence-corrected chi connectivity index (χ2v) is 12.8. The maximum atomic E-state index is 13.0. The van der Waals surface area contributed by atoms with Gasteiger partial charge in [0.15, 0.2) is 19.7 Å². The number of nitrogens with zero attached hydrogens (tertiary/aromatic N) is 2. The predicted octanol–water partition coefficient (Wildman–Crippen LogP) is 1.11. The van der Waals surface area contributed by atoms with Crippen molar-refractivity contribution in [1.29, 1.82) is 0 Å². The molecule has 1 amide bonds. The van der Waals surface area contributed by atoms with Crippen molar-refractivity contribution in [2.75, 3.05) is 44.3 Å². The average molecular weight is 457 g/mol. The zero-order valence-corrected chi connectivity index (χ0v) is 17.9. The Kier molecular flexibility index (Phi) is 6.07. The first-order valence-electron chi connectivity index (χ1n) is 8.49. The number of ether oxygens (including phenoxy) is 1. The topological polar surface area (TPSA) is 101 Å². The van der Waals surface area contributed by atoms with Crippen LogP contribution < -0.4 is 0 Å². The normalized spacial score (nSPS) is 26.2. The Hall–Kier alpha value is -0.880. The van der Waals surface area contributed by atoms with Gasteiger partial charge in [-0.3, -0.25) is 4.90 Å². The van der Waals surface area contributed by atoms with Crippen molar-refractivity contribution >= 4 is 48.7 Å². The summed E-state index contributed by atoms with van der Waals surface area (Å²) in [5, 5.41) is -1.04. The summed E-state index contributed by atoms with van der Waals surface area (Å²) in [6, 6.07) is 2.28. The van der Waals surface area contributed by atoms with Crippen LogP contribution in [0.1, 0.15) is 6.92 Å². The van der Waals surface area contributed by atoms with Gasteiger partial charge in [-0.05, 0) is 19.1 Å². The fourth-order valence-corrected chi connectivity index (χ4v) is 10.0. The molecule has 0 spiro atoms. The Balaban J connectivity index is 1.79. The quantitative estimate of drug-likeness (QED) is 0.668. The predicted molar refractivity (Wildman–Crippen MR) is 103 cm³/mol. The summed E-state index contributed by atoms with van der Waals surface area (Å²) in [7, 11) is -7.29. The number of sulfone groups is 2. The maximum Gasteiger partial charge on any atom is 0.409 e. The highest BCUT2D eigenvalue weighted by atomic mass is 35.5. The van der Waals surface area contributed by atoms with Gasteiger partial charge in [-0.1, -0.05) is 11.6 Å². The Morgan fingerprint density at radius 1 is 1.26 bits per heavy atom. The summed E-state index contributed by atoms with van der Waals surface area (Å²) in [4.78, 5) is 15.2. The molecule has 0 saturated carbocycles. The van der Waals surface area contributed by atoms with E-state index in [-0.39, 0.29) is 16.6 Å². The maximum absolute atomic E-state index is 13.0. The second-order valence-electron chi connectivity index (χ2n) is 6.51. The van der Waals surface area contributed by atoms with Crippen molar-refractivity contribution in [3.05, 3.63) is 16.5 Å². The van der Waals surface area contributed by atoms with Crippen LogP contribution >= 0.6 is 22.9 Å². The molecule has 1 aromatic heterocycles. The third-order valence-corrected chi connectivity index (χ3v) is 10.7. The van der Waals surface area contributed by atoms with Gasteiger partial charge in [0.1, 0.15) is 4.21 Å². The van der Waals surface area contributed by atoms with Crippen molar-refractivity contribution in [3.63, 3.8) is 0 Å². The first-order valence-corrected chi connectivity index (χ1v) is 13.1. The molecule has 0 aromatic carbocycles. The molecule has 2 aliphatic heterocycles. The summed E-state index contributed by atoms with van der Waals surface area (Å²) < 4.78 is 55.9. The van der Waals surface area contributed by atoms with Crippen molar-refractivity contribution < 1.29 is 26.4 Å². The standard InChI is InChI=1S/C15H21ClN2O6S3/c1-2-24-15(19)18-7-5-17(6-8-18)11-9-26(20,21)10-12(11)27(22,23)14-4-3-13(16)25-14/h3-4,11-12H,2,5-10H2,1H3/t11-,12-/m0/s1. The van der Waals surface area contributed by atoms with Gasteiger partial charge in [-0.25, -0.2) is 21.6 Å². The minimum absolute atomic E-state index is 0.0877. The van der Waals surface area contributed by atoms with Crippen LogP contribution in [0.5, 0.6) is 0 Å². The second kappa shape index (κ2) is 7.86. The Morgan fingerprint density at radius 2 is 1.93 bits per heavy atom. The number of carbonyl (C=O) groups is 1. The van der Waals surface area contributed by atoms with Crippen LogP contribution in [0.25, 0.3) is 0 Å². The molecule has 0 N–H and O–H groups in total. The highest BCUT2D eigenvalue weighted by molar-refractivity contribution is 7.97. The van der Waals surface area contributed by atoms with E-state index in [2.05, 4.69) is 0 Å². The van der Waals surface area contributed by atoms with Crippen molar-refractivity contribution in [2.45, 2.75) is 22.4 Å². The van der Waals surface area contributed by atoms with Gasteiger partial charge in [0.05, 0.1) is 27.7 Å². The van der Waals surface area contributed by atoms with Crippen molar-refractivity contribution in [2.24, 2.45) is 0 Å². The van der Waals surface area contributed by atoms with Crippen LogP contribution in [0, 0.1) is 0 Å². The Morgan fingerprint density at radius 3 is 2.48 bits per heavy atom. The summed E-state index contributed by atoms with van der Waals surface area (Å²) in [5.74, 6) is -0.594. The average Bonchev–Trinajstić information content (AvgIpc) is 3.19. The fraction of sp³-hybridized carbons (Fsp3) is 0.667. The fourth-order valence-electron chi connectivity index (χ4n) is 3.48. The van der Waals surface area contributed by atoms with E-state index in [0.29, 0.717) is 30.5 Å². The van der Waals surface area contributed by atoms with E-state index in [0.717, 1.165) is 11.3 Å². The van der Waals surface area contributed by atoms with Crippen LogP contribution in [-0.4, -0.2) is 88.3 Å². The molecule has 2 aliphatic rings. The van der Waals surface area contributed by atoms with Crippen LogP contribution in [0.3, 0.4) is 0 Å². The highest BCUT2D eigenvalue weighted by Crippen LogP contribution is 2.34. The molecule has 0 unspecified atom stereocenters. The molecule has 8 nitrogen and oxygen atoms in total. The summed E-state index contributed by atoms with van der Waals surface area (Å²) in [6.07, 6.45) is -0.409. The summed E-state index contributed by atoms with van der Waals surface area (Å²) in [6.45, 7) is 3.54. The molecule has 3 rings (SSSR count). The summed E-state index contributed by atoms with van der Waals surface area (Å²) >= 11 is 6.80. The van der Waals surface area contributed by atoms with Gasteiger partial charge in [0.2, 0.25) is 0 Å². The molecule has 3 heterocycles. The number of rotatable bonds is 4. The number of hydrogen-bond acceptors (Lipinski definition) is 8. The lowest BCUT2D eigenvalue weighted by atomic mass is 10.2. The number of amides is 1. The molecule has 152 valence electrons. The van der Waals surface area contributed by atoms with Crippen molar-refractivity contribution in [3.8, 4) is 0 Å². The van der Waals surface area contributed by atoms with E-state index in [1.54, 1.807) is 11.8 Å².